The van der Waals surface area contributed by atoms with Crippen molar-refractivity contribution >= 4 is 28.5 Å². The molecule has 1 N–H and O–H groups in total. The predicted molar refractivity (Wildman–Crippen MR) is 106 cm³/mol. The van der Waals surface area contributed by atoms with Crippen LogP contribution in [0.3, 0.4) is 0 Å². The van der Waals surface area contributed by atoms with Gasteiger partial charge in [-0.3, -0.25) is 0 Å². The third kappa shape index (κ3) is 2.90. The van der Waals surface area contributed by atoms with Gasteiger partial charge in [0, 0.05) is 11.6 Å². The molecule has 1 aliphatic heterocycles. The molecule has 0 unspecified atom stereocenters. The van der Waals surface area contributed by atoms with Crippen molar-refractivity contribution in [2.75, 3.05) is 12.1 Å². The van der Waals surface area contributed by atoms with E-state index in [2.05, 4.69) is 20.4 Å². The van der Waals surface area contributed by atoms with Gasteiger partial charge in [0.25, 0.3) is 0 Å². The number of rotatable bonds is 4. The normalized spacial score (nSPS) is 12.5. The van der Waals surface area contributed by atoms with E-state index >= 15 is 0 Å². The Morgan fingerprint density at radius 2 is 2.00 bits per heavy atom. The molecular formula is C20H16ClN5O2. The second-order valence-corrected chi connectivity index (χ2v) is 6.90. The molecule has 28 heavy (non-hydrogen) atoms. The highest BCUT2D eigenvalue weighted by molar-refractivity contribution is 6.31. The highest BCUT2D eigenvalue weighted by Gasteiger charge is 2.14. The third-order valence-electron chi connectivity index (χ3n) is 4.66. The summed E-state index contributed by atoms with van der Waals surface area (Å²) < 4.78 is 12.5. The molecule has 0 aliphatic carbocycles. The van der Waals surface area contributed by atoms with E-state index in [1.807, 2.05) is 43.3 Å². The van der Waals surface area contributed by atoms with Crippen LogP contribution in [0, 0.1) is 6.92 Å². The van der Waals surface area contributed by atoms with Crippen LogP contribution >= 0.6 is 11.6 Å². The quantitative estimate of drug-likeness (QED) is 0.562. The van der Waals surface area contributed by atoms with Gasteiger partial charge in [0.05, 0.1) is 17.3 Å². The standard InChI is InChI=1S/C20H16ClN5O2/c1-12-2-4-14(7-16(12)21)26-20-15(9-25-26)19(23-10-24-20)22-8-13-3-5-17-18(6-13)28-11-27-17/h2-7,9-10H,8,11H2,1H3,(H,22,23,24). The van der Waals surface area contributed by atoms with Crippen molar-refractivity contribution in [1.29, 1.82) is 0 Å². The van der Waals surface area contributed by atoms with Crippen LogP contribution in [0.2, 0.25) is 5.02 Å². The van der Waals surface area contributed by atoms with Crippen molar-refractivity contribution in [3.8, 4) is 17.2 Å². The Balaban J connectivity index is 1.44. The maximum Gasteiger partial charge on any atom is 0.231 e. The summed E-state index contributed by atoms with van der Waals surface area (Å²) in [5, 5.41) is 9.36. The van der Waals surface area contributed by atoms with Gasteiger partial charge in [-0.15, -0.1) is 0 Å². The molecule has 0 spiro atoms. The van der Waals surface area contributed by atoms with Crippen LogP contribution in [0.4, 0.5) is 5.82 Å². The van der Waals surface area contributed by atoms with E-state index in [0.717, 1.165) is 33.7 Å². The Kier molecular flexibility index (Phi) is 4.02. The SMILES string of the molecule is Cc1ccc(-n2ncc3c(NCc4ccc5c(c4)OCO5)ncnc32)cc1Cl. The maximum atomic E-state index is 6.27. The minimum Gasteiger partial charge on any atom is -0.454 e. The monoisotopic (exact) mass is 393 g/mol. The fourth-order valence-corrected chi connectivity index (χ4v) is 3.30. The zero-order chi connectivity index (χ0) is 19.1. The van der Waals surface area contributed by atoms with Crippen LogP contribution in [0.5, 0.6) is 11.5 Å². The highest BCUT2D eigenvalue weighted by atomic mass is 35.5. The molecule has 0 saturated heterocycles. The molecule has 7 nitrogen and oxygen atoms in total. The van der Waals surface area contributed by atoms with Crippen LogP contribution in [-0.4, -0.2) is 26.5 Å². The Labute approximate surface area is 165 Å². The van der Waals surface area contributed by atoms with Gasteiger partial charge < -0.3 is 14.8 Å². The average molecular weight is 394 g/mol. The van der Waals surface area contributed by atoms with E-state index < -0.39 is 0 Å². The molecule has 0 bridgehead atoms. The maximum absolute atomic E-state index is 6.27. The minimum atomic E-state index is 0.265. The van der Waals surface area contributed by atoms with Crippen LogP contribution in [-0.2, 0) is 6.54 Å². The summed E-state index contributed by atoms with van der Waals surface area (Å²) in [6, 6.07) is 11.7. The molecule has 1 aliphatic rings. The summed E-state index contributed by atoms with van der Waals surface area (Å²) >= 11 is 6.27. The molecule has 0 saturated carbocycles. The van der Waals surface area contributed by atoms with Crippen molar-refractivity contribution < 1.29 is 9.47 Å². The molecule has 8 heteroatoms. The largest absolute Gasteiger partial charge is 0.454 e. The first-order chi connectivity index (χ1) is 13.7. The second kappa shape index (κ2) is 6.69. The van der Waals surface area contributed by atoms with Crippen LogP contribution in [0.25, 0.3) is 16.7 Å². The lowest BCUT2D eigenvalue weighted by molar-refractivity contribution is 0.174. The number of hydrogen-bond acceptors (Lipinski definition) is 6. The summed E-state index contributed by atoms with van der Waals surface area (Å²) in [5.41, 5.74) is 3.64. The van der Waals surface area contributed by atoms with E-state index in [-0.39, 0.29) is 6.79 Å². The van der Waals surface area contributed by atoms with E-state index in [1.54, 1.807) is 10.9 Å². The number of benzene rings is 2. The van der Waals surface area contributed by atoms with Crippen LogP contribution in [0.1, 0.15) is 11.1 Å². The second-order valence-electron chi connectivity index (χ2n) is 6.49. The van der Waals surface area contributed by atoms with Gasteiger partial charge >= 0.3 is 0 Å². The van der Waals surface area contributed by atoms with Gasteiger partial charge in [-0.05, 0) is 42.3 Å². The summed E-state index contributed by atoms with van der Waals surface area (Å²) in [5.74, 6) is 2.24. The molecule has 4 aromatic rings. The zero-order valence-corrected chi connectivity index (χ0v) is 15.8. The molecule has 2 aromatic carbocycles. The fraction of sp³-hybridized carbons (Fsp3) is 0.150. The number of nitrogens with one attached hydrogen (secondary N) is 1. The lowest BCUT2D eigenvalue weighted by Gasteiger charge is -2.08. The number of fused-ring (bicyclic) bond motifs is 2. The first kappa shape index (κ1) is 16.8. The van der Waals surface area contributed by atoms with Gasteiger partial charge in [-0.2, -0.15) is 5.10 Å². The Morgan fingerprint density at radius 1 is 1.11 bits per heavy atom. The van der Waals surface area contributed by atoms with Crippen molar-refractivity contribution in [3.05, 3.63) is 65.1 Å². The van der Waals surface area contributed by atoms with E-state index in [4.69, 9.17) is 21.1 Å². The summed E-state index contributed by atoms with van der Waals surface area (Å²) in [6.45, 7) is 2.82. The first-order valence-corrected chi connectivity index (χ1v) is 9.14. The minimum absolute atomic E-state index is 0.265. The van der Waals surface area contributed by atoms with Gasteiger partial charge in [-0.1, -0.05) is 23.7 Å². The van der Waals surface area contributed by atoms with Gasteiger partial charge in [0.15, 0.2) is 17.1 Å². The third-order valence-corrected chi connectivity index (χ3v) is 5.07. The number of aromatic nitrogens is 4. The molecule has 0 amide bonds. The van der Waals surface area contributed by atoms with Gasteiger partial charge in [0.2, 0.25) is 6.79 Å². The predicted octanol–water partition coefficient (Wildman–Crippen LogP) is 4.12. The Bertz CT molecular complexity index is 1190. The van der Waals surface area contributed by atoms with Crippen molar-refractivity contribution in [2.24, 2.45) is 0 Å². The number of ether oxygens (including phenoxy) is 2. The number of halogens is 1. The molecule has 0 fully saturated rings. The first-order valence-electron chi connectivity index (χ1n) is 8.77. The molecule has 2 aromatic heterocycles. The summed E-state index contributed by atoms with van der Waals surface area (Å²) in [7, 11) is 0. The number of aryl methyl sites for hydroxylation is 1. The van der Waals surface area contributed by atoms with Gasteiger partial charge in [-0.25, -0.2) is 14.6 Å². The Morgan fingerprint density at radius 3 is 2.89 bits per heavy atom. The highest BCUT2D eigenvalue weighted by Crippen LogP contribution is 2.33. The number of anilines is 1. The molecule has 5 rings (SSSR count). The van der Waals surface area contributed by atoms with Gasteiger partial charge in [0.1, 0.15) is 12.1 Å². The van der Waals surface area contributed by atoms with Crippen LogP contribution in [0.15, 0.2) is 48.9 Å². The topological polar surface area (TPSA) is 74.1 Å². The Hall–Kier alpha value is -3.32. The molecular weight excluding hydrogens is 378 g/mol. The molecule has 0 radical (unpaired) electrons. The molecule has 140 valence electrons. The summed E-state index contributed by atoms with van der Waals surface area (Å²) in [4.78, 5) is 8.78. The average Bonchev–Trinajstić information content (AvgIpc) is 3.35. The number of hydrogen-bond donors (Lipinski definition) is 1. The molecule has 3 heterocycles. The van der Waals surface area contributed by atoms with E-state index in [1.165, 1.54) is 6.33 Å². The van der Waals surface area contributed by atoms with E-state index in [9.17, 15) is 0 Å². The lowest BCUT2D eigenvalue weighted by Crippen LogP contribution is -2.03. The van der Waals surface area contributed by atoms with E-state index in [0.29, 0.717) is 23.0 Å². The zero-order valence-electron chi connectivity index (χ0n) is 15.0. The lowest BCUT2D eigenvalue weighted by atomic mass is 10.2. The number of nitrogens with zero attached hydrogens (tertiary/aromatic N) is 4. The van der Waals surface area contributed by atoms with Crippen molar-refractivity contribution in [2.45, 2.75) is 13.5 Å². The summed E-state index contributed by atoms with van der Waals surface area (Å²) in [6.07, 6.45) is 3.28. The van der Waals surface area contributed by atoms with Crippen molar-refractivity contribution in [3.63, 3.8) is 0 Å². The fourth-order valence-electron chi connectivity index (χ4n) is 3.12. The molecule has 0 atom stereocenters. The smallest absolute Gasteiger partial charge is 0.231 e. The van der Waals surface area contributed by atoms with Crippen LogP contribution < -0.4 is 14.8 Å². The van der Waals surface area contributed by atoms with Crippen molar-refractivity contribution in [1.82, 2.24) is 19.7 Å².